The summed E-state index contributed by atoms with van der Waals surface area (Å²) in [5.74, 6) is 5.61. The number of benzene rings is 1. The number of amides is 1. The van der Waals surface area contributed by atoms with Gasteiger partial charge in [-0.05, 0) is 42.9 Å². The number of nitrogens with zero attached hydrogens (tertiary/aromatic N) is 1. The molecule has 0 saturated carbocycles. The maximum Gasteiger partial charge on any atom is 0.256 e. The molecule has 1 amide bonds. The van der Waals surface area contributed by atoms with Crippen molar-refractivity contribution >= 4 is 11.6 Å². The molecule has 1 saturated heterocycles. The summed E-state index contributed by atoms with van der Waals surface area (Å²) in [5, 5.41) is 0. The van der Waals surface area contributed by atoms with Crippen LogP contribution >= 0.6 is 0 Å². The van der Waals surface area contributed by atoms with Gasteiger partial charge < -0.3 is 10.3 Å². The van der Waals surface area contributed by atoms with Crippen LogP contribution in [0, 0.1) is 12.3 Å². The number of carbonyl (C=O) groups excluding carboxylic acids is 1. The number of hydrogen-bond acceptors (Lipinski definition) is 3. The number of hydrazine groups is 1. The first kappa shape index (κ1) is 14.9. The van der Waals surface area contributed by atoms with Gasteiger partial charge >= 0.3 is 0 Å². The molecule has 1 fully saturated rings. The molecular weight excluding hydrogens is 250 g/mol. The predicted molar refractivity (Wildman–Crippen MR) is 82.5 cm³/mol. The second-order valence-corrected chi connectivity index (χ2v) is 6.15. The van der Waals surface area contributed by atoms with Crippen molar-refractivity contribution in [2.24, 2.45) is 11.3 Å². The molecule has 20 heavy (non-hydrogen) atoms. The highest BCUT2D eigenvalue weighted by atomic mass is 16.2. The normalized spacial score (nSPS) is 17.9. The maximum atomic E-state index is 12.6. The second kappa shape index (κ2) is 5.83. The second-order valence-electron chi connectivity index (χ2n) is 6.15. The molecule has 1 aliphatic rings. The zero-order valence-corrected chi connectivity index (χ0v) is 12.7. The highest BCUT2D eigenvalue weighted by Crippen LogP contribution is 2.34. The van der Waals surface area contributed by atoms with E-state index in [0.29, 0.717) is 16.7 Å². The fourth-order valence-electron chi connectivity index (χ4n) is 2.74. The van der Waals surface area contributed by atoms with E-state index >= 15 is 0 Å². The van der Waals surface area contributed by atoms with Gasteiger partial charge in [0, 0.05) is 13.1 Å². The summed E-state index contributed by atoms with van der Waals surface area (Å²) in [5.41, 5.74) is 5.49. The molecule has 4 nitrogen and oxygen atoms in total. The van der Waals surface area contributed by atoms with Crippen molar-refractivity contribution in [2.45, 2.75) is 40.0 Å². The Labute approximate surface area is 121 Å². The number of aryl methyl sites for hydroxylation is 1. The lowest BCUT2D eigenvalue weighted by Gasteiger charge is -2.39. The van der Waals surface area contributed by atoms with Gasteiger partial charge in [-0.1, -0.05) is 26.3 Å². The van der Waals surface area contributed by atoms with E-state index in [0.717, 1.165) is 31.5 Å². The van der Waals surface area contributed by atoms with Crippen LogP contribution in [0.25, 0.3) is 0 Å². The number of anilines is 1. The molecule has 0 aromatic heterocycles. The minimum Gasteiger partial charge on any atom is -0.339 e. The lowest BCUT2D eigenvalue weighted by molar-refractivity contribution is 0.0601. The monoisotopic (exact) mass is 275 g/mol. The molecule has 1 aromatic rings. The SMILES string of the molecule is CCC1(C)CCN(C(=O)c2ccc(C)cc2NN)CC1. The van der Waals surface area contributed by atoms with Crippen LogP contribution in [0.4, 0.5) is 5.69 Å². The Bertz CT molecular complexity index is 490. The molecule has 0 spiro atoms. The number of nitrogens with two attached hydrogens (primary N) is 1. The zero-order valence-electron chi connectivity index (χ0n) is 12.7. The number of likely N-dealkylation sites (tertiary alicyclic amines) is 1. The van der Waals surface area contributed by atoms with Crippen LogP contribution in [-0.2, 0) is 0 Å². The van der Waals surface area contributed by atoms with Gasteiger partial charge in [0.05, 0.1) is 11.3 Å². The van der Waals surface area contributed by atoms with Crippen LogP contribution in [0.3, 0.4) is 0 Å². The predicted octanol–water partition coefficient (Wildman–Crippen LogP) is 2.93. The Balaban J connectivity index is 2.13. The summed E-state index contributed by atoms with van der Waals surface area (Å²) < 4.78 is 0. The molecule has 2 rings (SSSR count). The van der Waals surface area contributed by atoms with Crippen molar-refractivity contribution in [3.63, 3.8) is 0 Å². The van der Waals surface area contributed by atoms with Crippen molar-refractivity contribution in [2.75, 3.05) is 18.5 Å². The number of rotatable bonds is 3. The first-order valence-corrected chi connectivity index (χ1v) is 7.35. The molecule has 1 aromatic carbocycles. The standard InChI is InChI=1S/C16H25N3O/c1-4-16(3)7-9-19(10-8-16)15(20)13-6-5-12(2)11-14(13)18-17/h5-6,11,18H,4,7-10,17H2,1-3H3. The average molecular weight is 275 g/mol. The first-order chi connectivity index (χ1) is 9.49. The molecule has 0 bridgehead atoms. The Kier molecular flexibility index (Phi) is 4.33. The summed E-state index contributed by atoms with van der Waals surface area (Å²) in [6.45, 7) is 8.20. The van der Waals surface area contributed by atoms with E-state index in [-0.39, 0.29) is 5.91 Å². The lowest BCUT2D eigenvalue weighted by atomic mass is 9.78. The maximum absolute atomic E-state index is 12.6. The number of piperidine rings is 1. The molecule has 0 unspecified atom stereocenters. The molecule has 0 aliphatic carbocycles. The van der Waals surface area contributed by atoms with Crippen LogP contribution in [0.2, 0.25) is 0 Å². The largest absolute Gasteiger partial charge is 0.339 e. The summed E-state index contributed by atoms with van der Waals surface area (Å²) in [7, 11) is 0. The minimum atomic E-state index is 0.0797. The molecule has 110 valence electrons. The van der Waals surface area contributed by atoms with Gasteiger partial charge in [0.15, 0.2) is 0 Å². The molecule has 3 N–H and O–H groups in total. The Morgan fingerprint density at radius 1 is 1.40 bits per heavy atom. The van der Waals surface area contributed by atoms with Crippen molar-refractivity contribution in [3.05, 3.63) is 29.3 Å². The van der Waals surface area contributed by atoms with Crippen molar-refractivity contribution in [1.29, 1.82) is 0 Å². The Morgan fingerprint density at radius 2 is 2.05 bits per heavy atom. The van der Waals surface area contributed by atoms with Crippen molar-refractivity contribution in [3.8, 4) is 0 Å². The minimum absolute atomic E-state index is 0.0797. The molecular formula is C16H25N3O. The number of hydrogen-bond donors (Lipinski definition) is 2. The van der Waals surface area contributed by atoms with Crippen molar-refractivity contribution < 1.29 is 4.79 Å². The van der Waals surface area contributed by atoms with Gasteiger partial charge in [-0.2, -0.15) is 0 Å². The van der Waals surface area contributed by atoms with Crippen LogP contribution in [0.15, 0.2) is 18.2 Å². The van der Waals surface area contributed by atoms with Gasteiger partial charge in [-0.3, -0.25) is 10.6 Å². The van der Waals surface area contributed by atoms with Crippen LogP contribution in [0.5, 0.6) is 0 Å². The first-order valence-electron chi connectivity index (χ1n) is 7.35. The topological polar surface area (TPSA) is 58.4 Å². The highest BCUT2D eigenvalue weighted by molar-refractivity contribution is 5.99. The molecule has 1 aliphatic heterocycles. The van der Waals surface area contributed by atoms with E-state index in [1.165, 1.54) is 6.42 Å². The quantitative estimate of drug-likeness (QED) is 0.658. The third-order valence-corrected chi connectivity index (χ3v) is 4.67. The van der Waals surface area contributed by atoms with E-state index in [4.69, 9.17) is 5.84 Å². The lowest BCUT2D eigenvalue weighted by Crippen LogP contribution is -2.42. The van der Waals surface area contributed by atoms with E-state index < -0.39 is 0 Å². The Hall–Kier alpha value is -1.55. The summed E-state index contributed by atoms with van der Waals surface area (Å²) in [6, 6.07) is 5.72. The fourth-order valence-corrected chi connectivity index (χ4v) is 2.74. The highest BCUT2D eigenvalue weighted by Gasteiger charge is 2.31. The fraction of sp³-hybridized carbons (Fsp3) is 0.562. The molecule has 1 heterocycles. The van der Waals surface area contributed by atoms with E-state index in [2.05, 4.69) is 19.3 Å². The number of carbonyl (C=O) groups is 1. The van der Waals surface area contributed by atoms with E-state index in [1.54, 1.807) is 0 Å². The number of nitrogen functional groups attached to an aromatic ring is 1. The van der Waals surface area contributed by atoms with Crippen molar-refractivity contribution in [1.82, 2.24) is 4.90 Å². The summed E-state index contributed by atoms with van der Waals surface area (Å²) in [4.78, 5) is 14.6. The molecule has 0 atom stereocenters. The van der Waals surface area contributed by atoms with Crippen LogP contribution in [0.1, 0.15) is 49.0 Å². The van der Waals surface area contributed by atoms with Crippen LogP contribution in [-0.4, -0.2) is 23.9 Å². The zero-order chi connectivity index (χ0) is 14.8. The third kappa shape index (κ3) is 2.96. The van der Waals surface area contributed by atoms with Gasteiger partial charge in [-0.25, -0.2) is 0 Å². The smallest absolute Gasteiger partial charge is 0.256 e. The Morgan fingerprint density at radius 3 is 2.60 bits per heavy atom. The summed E-state index contributed by atoms with van der Waals surface area (Å²) >= 11 is 0. The average Bonchev–Trinajstić information content (AvgIpc) is 2.47. The third-order valence-electron chi connectivity index (χ3n) is 4.67. The van der Waals surface area contributed by atoms with Gasteiger partial charge in [0.25, 0.3) is 5.91 Å². The van der Waals surface area contributed by atoms with E-state index in [9.17, 15) is 4.79 Å². The van der Waals surface area contributed by atoms with Crippen LogP contribution < -0.4 is 11.3 Å². The van der Waals surface area contributed by atoms with Gasteiger partial charge in [-0.15, -0.1) is 0 Å². The summed E-state index contributed by atoms with van der Waals surface area (Å²) in [6.07, 6.45) is 3.33. The molecule has 0 radical (unpaired) electrons. The molecule has 4 heteroatoms. The number of nitrogens with one attached hydrogen (secondary N) is 1. The van der Waals surface area contributed by atoms with E-state index in [1.807, 2.05) is 30.0 Å². The van der Waals surface area contributed by atoms with Gasteiger partial charge in [0.1, 0.15) is 0 Å². The van der Waals surface area contributed by atoms with Gasteiger partial charge in [0.2, 0.25) is 0 Å².